The summed E-state index contributed by atoms with van der Waals surface area (Å²) in [4.78, 5) is 1.07. The molecule has 1 aliphatic heterocycles. The summed E-state index contributed by atoms with van der Waals surface area (Å²) in [6, 6.07) is 7.76. The fourth-order valence-corrected chi connectivity index (χ4v) is 2.72. The van der Waals surface area contributed by atoms with Gasteiger partial charge in [0.05, 0.1) is 17.7 Å². The van der Waals surface area contributed by atoms with Crippen molar-refractivity contribution in [1.29, 1.82) is 0 Å². The lowest BCUT2D eigenvalue weighted by atomic mass is 10.3. The standard InChI is InChI=1S/C12H14ClNOS/c13-9-4-1-2-6-12(9)16-8-10(14)11-5-3-7-15-11/h1-2,4-6,10H,3,7-8,14H2. The van der Waals surface area contributed by atoms with Crippen molar-refractivity contribution in [2.75, 3.05) is 12.4 Å². The third-order valence-electron chi connectivity index (χ3n) is 2.35. The second-order valence-corrected chi connectivity index (χ2v) is 5.06. The molecule has 0 radical (unpaired) electrons. The molecule has 16 heavy (non-hydrogen) atoms. The Morgan fingerprint density at radius 2 is 2.25 bits per heavy atom. The van der Waals surface area contributed by atoms with Crippen LogP contribution in [0.3, 0.4) is 0 Å². The van der Waals surface area contributed by atoms with Crippen LogP contribution in [0.1, 0.15) is 6.42 Å². The molecule has 1 aromatic rings. The number of rotatable bonds is 4. The molecular formula is C12H14ClNOS. The van der Waals surface area contributed by atoms with Crippen molar-refractivity contribution in [3.05, 3.63) is 41.1 Å². The Kier molecular flexibility index (Phi) is 4.16. The monoisotopic (exact) mass is 255 g/mol. The smallest absolute Gasteiger partial charge is 0.110 e. The fraction of sp³-hybridized carbons (Fsp3) is 0.333. The number of benzene rings is 1. The molecule has 1 unspecified atom stereocenters. The number of nitrogens with two attached hydrogens (primary N) is 1. The molecule has 0 bridgehead atoms. The van der Waals surface area contributed by atoms with Crippen molar-refractivity contribution in [2.24, 2.45) is 5.73 Å². The molecular weight excluding hydrogens is 242 g/mol. The van der Waals surface area contributed by atoms with Crippen molar-refractivity contribution in [3.8, 4) is 0 Å². The van der Waals surface area contributed by atoms with Crippen LogP contribution in [-0.4, -0.2) is 18.4 Å². The summed E-state index contributed by atoms with van der Waals surface area (Å²) in [7, 11) is 0. The highest BCUT2D eigenvalue weighted by Gasteiger charge is 2.15. The largest absolute Gasteiger partial charge is 0.496 e. The molecule has 1 aliphatic rings. The van der Waals surface area contributed by atoms with E-state index in [0.717, 1.165) is 34.5 Å². The van der Waals surface area contributed by atoms with Crippen LogP contribution in [0, 0.1) is 0 Å². The minimum absolute atomic E-state index is 0.0382. The van der Waals surface area contributed by atoms with Crippen LogP contribution >= 0.6 is 23.4 Å². The van der Waals surface area contributed by atoms with E-state index in [9.17, 15) is 0 Å². The van der Waals surface area contributed by atoms with Crippen LogP contribution in [-0.2, 0) is 4.74 Å². The molecule has 0 aliphatic carbocycles. The highest BCUT2D eigenvalue weighted by atomic mass is 35.5. The second kappa shape index (κ2) is 5.62. The maximum atomic E-state index is 6.06. The third kappa shape index (κ3) is 2.94. The first-order chi connectivity index (χ1) is 7.77. The van der Waals surface area contributed by atoms with Crippen LogP contribution in [0.2, 0.25) is 5.02 Å². The molecule has 2 rings (SSSR count). The van der Waals surface area contributed by atoms with Gasteiger partial charge in [-0.25, -0.2) is 0 Å². The minimum atomic E-state index is -0.0382. The second-order valence-electron chi connectivity index (χ2n) is 3.59. The van der Waals surface area contributed by atoms with E-state index in [2.05, 4.69) is 6.08 Å². The summed E-state index contributed by atoms with van der Waals surface area (Å²) in [6.45, 7) is 0.764. The van der Waals surface area contributed by atoms with Gasteiger partial charge >= 0.3 is 0 Å². The van der Waals surface area contributed by atoms with Crippen LogP contribution in [0.5, 0.6) is 0 Å². The zero-order chi connectivity index (χ0) is 11.4. The maximum absolute atomic E-state index is 6.06. The highest BCUT2D eigenvalue weighted by Crippen LogP contribution is 2.28. The van der Waals surface area contributed by atoms with Gasteiger partial charge in [0.2, 0.25) is 0 Å². The Morgan fingerprint density at radius 3 is 2.94 bits per heavy atom. The summed E-state index contributed by atoms with van der Waals surface area (Å²) < 4.78 is 5.42. The van der Waals surface area contributed by atoms with Gasteiger partial charge in [-0.05, 0) is 18.2 Å². The SMILES string of the molecule is NC(CSc1ccccc1Cl)C1=CCCO1. The molecule has 86 valence electrons. The number of thioether (sulfide) groups is 1. The highest BCUT2D eigenvalue weighted by molar-refractivity contribution is 7.99. The minimum Gasteiger partial charge on any atom is -0.496 e. The van der Waals surface area contributed by atoms with Crippen LogP contribution in [0.4, 0.5) is 0 Å². The Bertz CT molecular complexity index is 394. The Balaban J connectivity index is 1.90. The van der Waals surface area contributed by atoms with Gasteiger partial charge in [-0.1, -0.05) is 23.7 Å². The lowest BCUT2D eigenvalue weighted by molar-refractivity contribution is 0.228. The fourth-order valence-electron chi connectivity index (χ4n) is 1.52. The molecule has 0 saturated heterocycles. The van der Waals surface area contributed by atoms with E-state index >= 15 is 0 Å². The van der Waals surface area contributed by atoms with E-state index < -0.39 is 0 Å². The molecule has 0 aromatic heterocycles. The lowest BCUT2D eigenvalue weighted by Crippen LogP contribution is -2.25. The van der Waals surface area contributed by atoms with Crippen molar-refractivity contribution < 1.29 is 4.74 Å². The first-order valence-corrected chi connectivity index (χ1v) is 6.59. The predicted molar refractivity (Wildman–Crippen MR) is 68.8 cm³/mol. The van der Waals surface area contributed by atoms with E-state index in [1.54, 1.807) is 11.8 Å². The summed E-state index contributed by atoms with van der Waals surface area (Å²) in [5.74, 6) is 1.70. The first-order valence-electron chi connectivity index (χ1n) is 5.23. The van der Waals surface area contributed by atoms with Crippen LogP contribution in [0.15, 0.2) is 41.0 Å². The molecule has 0 saturated carbocycles. The quantitative estimate of drug-likeness (QED) is 0.840. The lowest BCUT2D eigenvalue weighted by Gasteiger charge is -2.13. The predicted octanol–water partition coefficient (Wildman–Crippen LogP) is 3.06. The average molecular weight is 256 g/mol. The third-order valence-corrected chi connectivity index (χ3v) is 3.99. The molecule has 1 atom stereocenters. The molecule has 0 fully saturated rings. The average Bonchev–Trinajstić information content (AvgIpc) is 2.81. The molecule has 2 nitrogen and oxygen atoms in total. The van der Waals surface area contributed by atoms with Gasteiger partial charge in [-0.15, -0.1) is 11.8 Å². The Hall–Kier alpha value is -0.640. The van der Waals surface area contributed by atoms with Gasteiger partial charge < -0.3 is 10.5 Å². The van der Waals surface area contributed by atoms with Gasteiger partial charge in [0.25, 0.3) is 0 Å². The van der Waals surface area contributed by atoms with E-state index in [1.807, 2.05) is 24.3 Å². The Morgan fingerprint density at radius 1 is 1.44 bits per heavy atom. The normalized spacial score (nSPS) is 16.8. The summed E-state index contributed by atoms with van der Waals surface area (Å²) in [6.07, 6.45) is 3.04. The molecule has 1 aromatic carbocycles. The van der Waals surface area contributed by atoms with Gasteiger partial charge in [-0.2, -0.15) is 0 Å². The molecule has 0 spiro atoms. The van der Waals surface area contributed by atoms with Gasteiger partial charge in [-0.3, -0.25) is 0 Å². The van der Waals surface area contributed by atoms with E-state index in [1.165, 1.54) is 0 Å². The maximum Gasteiger partial charge on any atom is 0.110 e. The van der Waals surface area contributed by atoms with E-state index in [-0.39, 0.29) is 6.04 Å². The summed E-state index contributed by atoms with van der Waals surface area (Å²) >= 11 is 7.72. The number of hydrogen-bond donors (Lipinski definition) is 1. The molecule has 0 amide bonds. The zero-order valence-electron chi connectivity index (χ0n) is 8.86. The topological polar surface area (TPSA) is 35.2 Å². The zero-order valence-corrected chi connectivity index (χ0v) is 10.4. The van der Waals surface area contributed by atoms with Gasteiger partial charge in [0, 0.05) is 17.1 Å². The Labute approximate surface area is 105 Å². The first kappa shape index (κ1) is 11.8. The van der Waals surface area contributed by atoms with Crippen molar-refractivity contribution >= 4 is 23.4 Å². The van der Waals surface area contributed by atoms with Crippen molar-refractivity contribution in [3.63, 3.8) is 0 Å². The van der Waals surface area contributed by atoms with E-state index in [4.69, 9.17) is 22.1 Å². The summed E-state index contributed by atoms with van der Waals surface area (Å²) in [5.41, 5.74) is 6.02. The molecule has 1 heterocycles. The van der Waals surface area contributed by atoms with Gasteiger partial charge in [0.15, 0.2) is 0 Å². The number of hydrogen-bond acceptors (Lipinski definition) is 3. The number of halogens is 1. The van der Waals surface area contributed by atoms with Crippen LogP contribution in [0.25, 0.3) is 0 Å². The van der Waals surface area contributed by atoms with Crippen LogP contribution < -0.4 is 5.73 Å². The molecule has 4 heteroatoms. The molecule has 2 N–H and O–H groups in total. The number of ether oxygens (including phenoxy) is 1. The summed E-state index contributed by atoms with van der Waals surface area (Å²) in [5, 5.41) is 0.779. The van der Waals surface area contributed by atoms with Gasteiger partial charge in [0.1, 0.15) is 5.76 Å². The van der Waals surface area contributed by atoms with Crippen molar-refractivity contribution in [2.45, 2.75) is 17.4 Å². The van der Waals surface area contributed by atoms with Crippen molar-refractivity contribution in [1.82, 2.24) is 0 Å². The van der Waals surface area contributed by atoms with E-state index in [0.29, 0.717) is 0 Å².